The lowest BCUT2D eigenvalue weighted by Gasteiger charge is -2.05. The Morgan fingerprint density at radius 2 is 0.778 bits per heavy atom. The molecule has 0 aliphatic carbocycles. The van der Waals surface area contributed by atoms with Gasteiger partial charge in [-0.1, -0.05) is 134 Å². The van der Waals surface area contributed by atoms with Crippen molar-refractivity contribution in [2.45, 2.75) is 181 Å². The third kappa shape index (κ3) is 31.0. The summed E-state index contributed by atoms with van der Waals surface area (Å²) in [5, 5.41) is 0. The van der Waals surface area contributed by atoms with E-state index in [0.29, 0.717) is 13.0 Å². The largest absolute Gasteiger partial charge is 0.466 e. The van der Waals surface area contributed by atoms with Crippen LogP contribution in [0.1, 0.15) is 181 Å². The van der Waals surface area contributed by atoms with E-state index < -0.39 is 0 Å². The molecule has 0 aromatic carbocycles. The Bertz CT molecular complexity index is 480. The highest BCUT2D eigenvalue weighted by Crippen LogP contribution is 2.11. The van der Waals surface area contributed by atoms with Gasteiger partial charge < -0.3 is 4.74 Å². The topological polar surface area (TPSA) is 26.3 Å². The van der Waals surface area contributed by atoms with Gasteiger partial charge in [0.1, 0.15) is 0 Å². The Morgan fingerprint density at radius 1 is 0.444 bits per heavy atom. The highest BCUT2D eigenvalue weighted by Gasteiger charge is 2.02. The number of allylic oxidation sites excluding steroid dienone is 4. The first-order chi connectivity index (χ1) is 17.8. The number of ether oxygens (including phenoxy) is 1. The Morgan fingerprint density at radius 3 is 1.22 bits per heavy atom. The van der Waals surface area contributed by atoms with Crippen molar-refractivity contribution in [1.29, 1.82) is 0 Å². The van der Waals surface area contributed by atoms with Crippen molar-refractivity contribution < 1.29 is 9.53 Å². The Hall–Kier alpha value is -1.05. The van der Waals surface area contributed by atoms with Crippen LogP contribution in [0.4, 0.5) is 0 Å². The van der Waals surface area contributed by atoms with Gasteiger partial charge in [0.05, 0.1) is 6.61 Å². The summed E-state index contributed by atoms with van der Waals surface area (Å²) in [4.78, 5) is 11.9. The van der Waals surface area contributed by atoms with E-state index in [-0.39, 0.29) is 5.97 Å². The fourth-order valence-electron chi connectivity index (χ4n) is 4.59. The molecule has 0 fully saturated rings. The molecule has 36 heavy (non-hydrogen) atoms. The van der Waals surface area contributed by atoms with Crippen LogP contribution in [0.3, 0.4) is 0 Å². The second-order valence-electron chi connectivity index (χ2n) is 10.8. The Kier molecular flexibility index (Phi) is 31.0. The van der Waals surface area contributed by atoms with Gasteiger partial charge >= 0.3 is 5.97 Å². The molecule has 2 heteroatoms. The number of hydrogen-bond donors (Lipinski definition) is 0. The molecule has 0 aromatic rings. The molecular weight excluding hydrogens is 440 g/mol. The van der Waals surface area contributed by atoms with Crippen LogP contribution in [0, 0.1) is 0 Å². The second kappa shape index (κ2) is 32.0. The number of carbonyl (C=O) groups excluding carboxylic acids is 1. The number of rotatable bonds is 29. The van der Waals surface area contributed by atoms with Crippen molar-refractivity contribution in [3.8, 4) is 0 Å². The zero-order chi connectivity index (χ0) is 26.2. The van der Waals surface area contributed by atoms with Crippen LogP contribution < -0.4 is 0 Å². The summed E-state index contributed by atoms with van der Waals surface area (Å²) >= 11 is 0. The minimum absolute atomic E-state index is 0.00843. The van der Waals surface area contributed by atoms with Gasteiger partial charge in [0.25, 0.3) is 0 Å². The maximum Gasteiger partial charge on any atom is 0.305 e. The van der Waals surface area contributed by atoms with E-state index in [2.05, 4.69) is 38.2 Å². The molecule has 0 N–H and O–H groups in total. The number of esters is 1. The third-order valence-corrected chi connectivity index (χ3v) is 7.06. The maximum absolute atomic E-state index is 11.9. The SMILES string of the molecule is CCCCCC/C=C/CCCCCCCCOC(=O)CCCCCCC/C=C\CCCCCCCC. The van der Waals surface area contributed by atoms with Crippen molar-refractivity contribution in [2.75, 3.05) is 6.61 Å². The highest BCUT2D eigenvalue weighted by atomic mass is 16.5. The van der Waals surface area contributed by atoms with E-state index in [9.17, 15) is 4.79 Å². The molecule has 0 aliphatic rings. The molecule has 0 heterocycles. The molecule has 212 valence electrons. The molecule has 0 atom stereocenters. The summed E-state index contributed by atoms with van der Waals surface area (Å²) in [6.07, 6.45) is 42.2. The molecule has 0 radical (unpaired) electrons. The van der Waals surface area contributed by atoms with Crippen molar-refractivity contribution in [3.63, 3.8) is 0 Å². The Labute approximate surface area is 227 Å². The van der Waals surface area contributed by atoms with Crippen LogP contribution in [0.15, 0.2) is 24.3 Å². The first kappa shape index (κ1) is 35.0. The van der Waals surface area contributed by atoms with Crippen LogP contribution in [-0.4, -0.2) is 12.6 Å². The van der Waals surface area contributed by atoms with E-state index in [1.165, 1.54) is 141 Å². The maximum atomic E-state index is 11.9. The molecule has 0 amide bonds. The van der Waals surface area contributed by atoms with Crippen LogP contribution in [0.5, 0.6) is 0 Å². The lowest BCUT2D eigenvalue weighted by atomic mass is 10.1. The lowest BCUT2D eigenvalue weighted by Crippen LogP contribution is -2.05. The second-order valence-corrected chi connectivity index (χ2v) is 10.8. The smallest absolute Gasteiger partial charge is 0.305 e. The van der Waals surface area contributed by atoms with Crippen molar-refractivity contribution in [3.05, 3.63) is 24.3 Å². The Balaban J connectivity index is 3.23. The summed E-state index contributed by atoms with van der Waals surface area (Å²) in [6, 6.07) is 0. The summed E-state index contributed by atoms with van der Waals surface area (Å²) in [7, 11) is 0. The van der Waals surface area contributed by atoms with Gasteiger partial charge in [0, 0.05) is 6.42 Å². The summed E-state index contributed by atoms with van der Waals surface area (Å²) in [5.74, 6) is 0.00843. The van der Waals surface area contributed by atoms with E-state index >= 15 is 0 Å². The zero-order valence-corrected chi connectivity index (χ0v) is 24.7. The zero-order valence-electron chi connectivity index (χ0n) is 24.7. The average Bonchev–Trinajstić information content (AvgIpc) is 2.88. The normalized spacial score (nSPS) is 11.7. The fraction of sp³-hybridized carbons (Fsp3) is 0.853. The van der Waals surface area contributed by atoms with Crippen molar-refractivity contribution >= 4 is 5.97 Å². The lowest BCUT2D eigenvalue weighted by molar-refractivity contribution is -0.143. The van der Waals surface area contributed by atoms with Crippen molar-refractivity contribution in [1.82, 2.24) is 0 Å². The van der Waals surface area contributed by atoms with E-state index in [1.807, 2.05) is 0 Å². The number of unbranched alkanes of at least 4 members (excludes halogenated alkanes) is 21. The molecule has 0 bridgehead atoms. The van der Waals surface area contributed by atoms with Gasteiger partial charge in [-0.05, 0) is 64.2 Å². The minimum Gasteiger partial charge on any atom is -0.466 e. The minimum atomic E-state index is 0.00843. The fourth-order valence-corrected chi connectivity index (χ4v) is 4.59. The summed E-state index contributed by atoms with van der Waals surface area (Å²) < 4.78 is 5.41. The molecular formula is C34H64O2. The van der Waals surface area contributed by atoms with Gasteiger partial charge in [0.15, 0.2) is 0 Å². The quantitative estimate of drug-likeness (QED) is 0.0575. The molecule has 0 saturated heterocycles. The van der Waals surface area contributed by atoms with Crippen LogP contribution in [-0.2, 0) is 9.53 Å². The predicted molar refractivity (Wildman–Crippen MR) is 161 cm³/mol. The third-order valence-electron chi connectivity index (χ3n) is 7.06. The molecule has 0 spiro atoms. The van der Waals surface area contributed by atoms with E-state index in [4.69, 9.17) is 4.74 Å². The van der Waals surface area contributed by atoms with E-state index in [0.717, 1.165) is 19.3 Å². The molecule has 0 aromatic heterocycles. The standard InChI is InChI=1S/C34H64O2/c1-3-5-7-9-11-13-15-17-19-20-22-24-26-28-30-32-34(35)36-33-31-29-27-25-23-21-18-16-14-12-10-8-6-4-2/h14,16-17,19H,3-13,15,18,20-33H2,1-2H3/b16-14+,19-17-. The van der Waals surface area contributed by atoms with Gasteiger partial charge in [-0.15, -0.1) is 0 Å². The first-order valence-electron chi connectivity index (χ1n) is 16.3. The first-order valence-corrected chi connectivity index (χ1v) is 16.3. The highest BCUT2D eigenvalue weighted by molar-refractivity contribution is 5.69. The molecule has 0 unspecified atom stereocenters. The predicted octanol–water partition coefficient (Wildman–Crippen LogP) is 11.8. The van der Waals surface area contributed by atoms with Gasteiger partial charge in [0.2, 0.25) is 0 Å². The van der Waals surface area contributed by atoms with Gasteiger partial charge in [-0.25, -0.2) is 0 Å². The number of carbonyl (C=O) groups is 1. The molecule has 2 nitrogen and oxygen atoms in total. The van der Waals surface area contributed by atoms with E-state index in [1.54, 1.807) is 0 Å². The monoisotopic (exact) mass is 504 g/mol. The van der Waals surface area contributed by atoms with Crippen LogP contribution in [0.2, 0.25) is 0 Å². The summed E-state index contributed by atoms with van der Waals surface area (Å²) in [5.41, 5.74) is 0. The van der Waals surface area contributed by atoms with Crippen molar-refractivity contribution in [2.24, 2.45) is 0 Å². The molecule has 0 rings (SSSR count). The van der Waals surface area contributed by atoms with Crippen LogP contribution in [0.25, 0.3) is 0 Å². The number of hydrogen-bond acceptors (Lipinski definition) is 2. The van der Waals surface area contributed by atoms with Crippen LogP contribution >= 0.6 is 0 Å². The average molecular weight is 505 g/mol. The molecule has 0 saturated carbocycles. The van der Waals surface area contributed by atoms with Gasteiger partial charge in [-0.2, -0.15) is 0 Å². The summed E-state index contributed by atoms with van der Waals surface area (Å²) in [6.45, 7) is 5.16. The van der Waals surface area contributed by atoms with Gasteiger partial charge in [-0.3, -0.25) is 4.79 Å². The molecule has 0 aliphatic heterocycles.